The molecule has 2 amide bonds. The van der Waals surface area contributed by atoms with Gasteiger partial charge in [-0.1, -0.05) is 18.2 Å². The second kappa shape index (κ2) is 9.21. The van der Waals surface area contributed by atoms with Crippen LogP contribution in [0.5, 0.6) is 0 Å². The summed E-state index contributed by atoms with van der Waals surface area (Å²) in [5.74, 6) is 0.00850. The maximum Gasteiger partial charge on any atom is 0.335 e. The molecular formula is C27H26N4O4. The number of pyridine rings is 1. The molecule has 5 rings (SSSR count). The largest absolute Gasteiger partial charge is 0.478 e. The highest BCUT2D eigenvalue weighted by Gasteiger charge is 2.30. The Kier molecular flexibility index (Phi) is 5.94. The van der Waals surface area contributed by atoms with Crippen molar-refractivity contribution in [1.82, 2.24) is 9.88 Å². The predicted molar refractivity (Wildman–Crippen MR) is 132 cm³/mol. The highest BCUT2D eigenvalue weighted by atomic mass is 16.4. The summed E-state index contributed by atoms with van der Waals surface area (Å²) < 4.78 is 0. The average Bonchev–Trinajstić information content (AvgIpc) is 3.71. The minimum Gasteiger partial charge on any atom is -0.478 e. The molecule has 8 heteroatoms. The van der Waals surface area contributed by atoms with Crippen LogP contribution in [0.15, 0.2) is 60.8 Å². The molecule has 0 saturated heterocycles. The van der Waals surface area contributed by atoms with E-state index >= 15 is 0 Å². The van der Waals surface area contributed by atoms with E-state index in [1.54, 1.807) is 31.4 Å². The number of carboxylic acid groups (broad SMARTS) is 1. The molecule has 2 aromatic carbocycles. The zero-order valence-electron chi connectivity index (χ0n) is 19.4. The Morgan fingerprint density at radius 1 is 1.09 bits per heavy atom. The number of amides is 2. The van der Waals surface area contributed by atoms with Gasteiger partial charge < -0.3 is 20.2 Å². The van der Waals surface area contributed by atoms with Gasteiger partial charge in [0.1, 0.15) is 12.4 Å². The van der Waals surface area contributed by atoms with Crippen LogP contribution >= 0.6 is 0 Å². The lowest BCUT2D eigenvalue weighted by Crippen LogP contribution is -2.37. The van der Waals surface area contributed by atoms with Crippen LogP contribution < -0.4 is 10.2 Å². The minimum atomic E-state index is -1.04. The van der Waals surface area contributed by atoms with Crippen molar-refractivity contribution in [2.75, 3.05) is 30.4 Å². The van der Waals surface area contributed by atoms with Gasteiger partial charge in [0.15, 0.2) is 0 Å². The number of likely N-dealkylation sites (N-methyl/N-ethyl adjacent to an activating group) is 1. The monoisotopic (exact) mass is 470 g/mol. The Labute approximate surface area is 203 Å². The molecule has 2 aliphatic rings. The van der Waals surface area contributed by atoms with Crippen molar-refractivity contribution in [2.24, 2.45) is 5.92 Å². The van der Waals surface area contributed by atoms with Crippen molar-refractivity contribution < 1.29 is 19.5 Å². The smallest absolute Gasteiger partial charge is 0.335 e. The molecule has 178 valence electrons. The van der Waals surface area contributed by atoms with E-state index in [0.29, 0.717) is 16.8 Å². The molecular weight excluding hydrogens is 444 g/mol. The molecule has 0 spiro atoms. The maximum atomic E-state index is 13.4. The summed E-state index contributed by atoms with van der Waals surface area (Å²) in [5, 5.41) is 12.6. The van der Waals surface area contributed by atoms with E-state index in [-0.39, 0.29) is 30.5 Å². The molecule has 1 saturated carbocycles. The third-order valence-electron chi connectivity index (χ3n) is 6.49. The van der Waals surface area contributed by atoms with E-state index in [0.717, 1.165) is 29.4 Å². The van der Waals surface area contributed by atoms with E-state index in [9.17, 15) is 19.5 Å². The van der Waals surface area contributed by atoms with Crippen molar-refractivity contribution in [1.29, 1.82) is 0 Å². The molecule has 0 radical (unpaired) electrons. The molecule has 2 heterocycles. The summed E-state index contributed by atoms with van der Waals surface area (Å²) in [6, 6.07) is 15.8. The number of anilines is 2. The minimum absolute atomic E-state index is 0.0961. The topological polar surface area (TPSA) is 103 Å². The highest BCUT2D eigenvalue weighted by molar-refractivity contribution is 6.10. The first-order chi connectivity index (χ1) is 16.9. The van der Waals surface area contributed by atoms with E-state index in [4.69, 9.17) is 0 Å². The summed E-state index contributed by atoms with van der Waals surface area (Å²) in [7, 11) is 1.67. The van der Waals surface area contributed by atoms with Gasteiger partial charge in [-0.3, -0.25) is 9.59 Å². The lowest BCUT2D eigenvalue weighted by molar-refractivity contribution is -0.119. The molecule has 0 bridgehead atoms. The van der Waals surface area contributed by atoms with Gasteiger partial charge in [0.2, 0.25) is 5.91 Å². The number of benzene rings is 2. The fraction of sp³-hybridized carbons (Fsp3) is 0.259. The van der Waals surface area contributed by atoms with Crippen molar-refractivity contribution in [3.63, 3.8) is 0 Å². The number of nitrogens with zero attached hydrogens (tertiary/aromatic N) is 3. The first-order valence-corrected chi connectivity index (χ1v) is 11.6. The number of hydrogen-bond donors (Lipinski definition) is 2. The first-order valence-electron chi connectivity index (χ1n) is 11.6. The number of carbonyl (C=O) groups excluding carboxylic acids is 2. The molecule has 8 nitrogen and oxygen atoms in total. The number of hydrogen-bond acceptors (Lipinski definition) is 5. The molecule has 0 atom stereocenters. The number of rotatable bonds is 7. The summed E-state index contributed by atoms with van der Waals surface area (Å²) in [4.78, 5) is 45.1. The van der Waals surface area contributed by atoms with E-state index < -0.39 is 5.97 Å². The van der Waals surface area contributed by atoms with Gasteiger partial charge in [-0.25, -0.2) is 9.78 Å². The number of carboxylic acids is 1. The number of nitrogens with one attached hydrogen (secondary N) is 1. The number of aromatic nitrogens is 1. The van der Waals surface area contributed by atoms with E-state index in [1.807, 2.05) is 24.3 Å². The molecule has 2 N–H and O–H groups in total. The molecule has 3 aromatic rings. The number of aromatic carboxylic acids is 1. The third-order valence-corrected chi connectivity index (χ3v) is 6.49. The van der Waals surface area contributed by atoms with Gasteiger partial charge in [0.25, 0.3) is 5.91 Å². The van der Waals surface area contributed by atoms with Crippen LogP contribution in [0.1, 0.15) is 39.1 Å². The van der Waals surface area contributed by atoms with Gasteiger partial charge in [0, 0.05) is 26.3 Å². The quantitative estimate of drug-likeness (QED) is 0.543. The van der Waals surface area contributed by atoms with E-state index in [2.05, 4.69) is 10.3 Å². The number of fused-ring (bicyclic) bond motifs is 1. The van der Waals surface area contributed by atoms with Gasteiger partial charge >= 0.3 is 5.97 Å². The Balaban J connectivity index is 1.43. The van der Waals surface area contributed by atoms with Crippen molar-refractivity contribution in [2.45, 2.75) is 19.4 Å². The second-order valence-electron chi connectivity index (χ2n) is 9.11. The fourth-order valence-electron chi connectivity index (χ4n) is 4.24. The molecule has 1 aromatic heterocycles. The molecule has 35 heavy (non-hydrogen) atoms. The van der Waals surface area contributed by atoms with Crippen molar-refractivity contribution in [3.8, 4) is 11.1 Å². The second-order valence-corrected chi connectivity index (χ2v) is 9.11. The van der Waals surface area contributed by atoms with Crippen molar-refractivity contribution in [3.05, 3.63) is 77.5 Å². The fourth-order valence-corrected chi connectivity index (χ4v) is 4.24. The third kappa shape index (κ3) is 4.87. The summed E-state index contributed by atoms with van der Waals surface area (Å²) in [6.07, 6.45) is 4.27. The normalized spacial score (nSPS) is 15.6. The zero-order valence-corrected chi connectivity index (χ0v) is 19.4. The molecule has 0 unspecified atom stereocenters. The predicted octanol–water partition coefficient (Wildman–Crippen LogP) is 3.89. The number of carbonyl (C=O) groups is 3. The lowest BCUT2D eigenvalue weighted by Gasteiger charge is -2.20. The maximum absolute atomic E-state index is 13.4. The SMILES string of the molecule is CN1C(=O)CN(Cc2cccc(C(=O)O)c2)C(=O)c2ccc(-c3ccnc(NCC4CC4)c3)cc21. The van der Waals surface area contributed by atoms with Crippen LogP contribution in [0.3, 0.4) is 0 Å². The summed E-state index contributed by atoms with van der Waals surface area (Å²) in [6.45, 7) is 0.958. The lowest BCUT2D eigenvalue weighted by atomic mass is 10.0. The molecule has 1 fully saturated rings. The average molecular weight is 471 g/mol. The Morgan fingerprint density at radius 2 is 1.89 bits per heavy atom. The van der Waals surface area contributed by atoms with Crippen molar-refractivity contribution >= 4 is 29.3 Å². The standard InChI is InChI=1S/C27H26N4O4/c1-30-23-12-19(20-9-10-28-24(13-20)29-14-17-5-6-17)7-8-22(23)26(33)31(16-25(30)32)15-18-3-2-4-21(11-18)27(34)35/h2-4,7-13,17H,5-6,14-16H2,1H3,(H,28,29)(H,34,35). The summed E-state index contributed by atoms with van der Waals surface area (Å²) >= 11 is 0. The van der Waals surface area contributed by atoms with Gasteiger partial charge in [-0.2, -0.15) is 0 Å². The Bertz CT molecular complexity index is 1320. The van der Waals surface area contributed by atoms with Gasteiger partial charge in [-0.15, -0.1) is 0 Å². The van der Waals surface area contributed by atoms with Crippen LogP contribution in [-0.4, -0.2) is 52.9 Å². The Morgan fingerprint density at radius 3 is 2.66 bits per heavy atom. The van der Waals surface area contributed by atoms with E-state index in [1.165, 1.54) is 34.8 Å². The zero-order chi connectivity index (χ0) is 24.5. The van der Waals surface area contributed by atoms with Gasteiger partial charge in [-0.05, 0) is 71.8 Å². The van der Waals surface area contributed by atoms with Gasteiger partial charge in [0.05, 0.1) is 16.8 Å². The van der Waals surface area contributed by atoms with Crippen LogP contribution in [0.25, 0.3) is 11.1 Å². The molecule has 1 aliphatic carbocycles. The van der Waals surface area contributed by atoms with Crippen LogP contribution in [0, 0.1) is 5.92 Å². The molecule has 1 aliphatic heterocycles. The first kappa shape index (κ1) is 22.6. The highest BCUT2D eigenvalue weighted by Crippen LogP contribution is 2.32. The van der Waals surface area contributed by atoms with Crippen LogP contribution in [-0.2, 0) is 11.3 Å². The summed E-state index contributed by atoms with van der Waals surface area (Å²) in [5.41, 5.74) is 3.59. The van der Waals surface area contributed by atoms with Crippen LogP contribution in [0.2, 0.25) is 0 Å². The van der Waals surface area contributed by atoms with Crippen LogP contribution in [0.4, 0.5) is 11.5 Å². The Hall–Kier alpha value is -4.20.